The van der Waals surface area contributed by atoms with Crippen LogP contribution in [0, 0.1) is 0 Å². The van der Waals surface area contributed by atoms with Crippen LogP contribution >= 0.6 is 11.6 Å². The molecule has 0 aromatic heterocycles. The number of anilines is 1. The third-order valence-corrected chi connectivity index (χ3v) is 5.85. The number of hydrogen-bond donors (Lipinski definition) is 3. The molecular weight excluding hydrogens is 400 g/mol. The number of amides is 1. The Morgan fingerprint density at radius 2 is 1.82 bits per heavy atom. The van der Waals surface area contributed by atoms with Crippen molar-refractivity contribution in [2.75, 3.05) is 17.9 Å². The Morgan fingerprint density at radius 1 is 1.11 bits per heavy atom. The summed E-state index contributed by atoms with van der Waals surface area (Å²) in [6, 6.07) is 11.2. The average molecular weight is 425 g/mol. The molecule has 2 rings (SSSR count). The van der Waals surface area contributed by atoms with Crippen LogP contribution in [0.5, 0.6) is 0 Å². The highest BCUT2D eigenvalue weighted by Gasteiger charge is 2.19. The van der Waals surface area contributed by atoms with Crippen LogP contribution in [0.2, 0.25) is 5.02 Å². The van der Waals surface area contributed by atoms with Gasteiger partial charge >= 0.3 is 0 Å². The zero-order valence-electron chi connectivity index (χ0n) is 15.7. The molecule has 0 aliphatic rings. The van der Waals surface area contributed by atoms with Crippen molar-refractivity contribution in [3.8, 4) is 0 Å². The molecule has 2 aromatic rings. The molecule has 28 heavy (non-hydrogen) atoms. The summed E-state index contributed by atoms with van der Waals surface area (Å²) in [7, 11) is -3.87. The number of unbranched alkanes of at least 4 members (excludes halogenated alkanes) is 1. The van der Waals surface area contributed by atoms with E-state index in [0.29, 0.717) is 12.1 Å². The molecular formula is C20H25ClN2O4S. The molecule has 6 nitrogen and oxygen atoms in total. The van der Waals surface area contributed by atoms with Gasteiger partial charge in [-0.1, -0.05) is 37.1 Å². The Balaban J connectivity index is 2.16. The number of hydrogen-bond acceptors (Lipinski definition) is 4. The summed E-state index contributed by atoms with van der Waals surface area (Å²) < 4.78 is 27.9. The van der Waals surface area contributed by atoms with E-state index in [2.05, 4.69) is 17.0 Å². The van der Waals surface area contributed by atoms with E-state index in [4.69, 9.17) is 16.7 Å². The van der Waals surface area contributed by atoms with Gasteiger partial charge in [-0.2, -0.15) is 0 Å². The van der Waals surface area contributed by atoms with Crippen LogP contribution in [-0.2, 0) is 16.4 Å². The molecule has 0 heterocycles. The monoisotopic (exact) mass is 424 g/mol. The van der Waals surface area contributed by atoms with Gasteiger partial charge in [0.05, 0.1) is 15.5 Å². The SMILES string of the molecule is CCCCc1ccc(NS(=O)(=O)c2ccc(Cl)c(C(=O)NCCCO)c2)cc1. The molecule has 3 N–H and O–H groups in total. The molecule has 0 aliphatic heterocycles. The second-order valence-corrected chi connectivity index (χ2v) is 8.47. The van der Waals surface area contributed by atoms with Crippen molar-refractivity contribution in [3.63, 3.8) is 0 Å². The topological polar surface area (TPSA) is 95.5 Å². The lowest BCUT2D eigenvalue weighted by atomic mass is 10.1. The van der Waals surface area contributed by atoms with Crippen molar-refractivity contribution < 1.29 is 18.3 Å². The van der Waals surface area contributed by atoms with Gasteiger partial charge in [0.1, 0.15) is 0 Å². The highest BCUT2D eigenvalue weighted by Crippen LogP contribution is 2.23. The van der Waals surface area contributed by atoms with Crippen LogP contribution in [0.4, 0.5) is 5.69 Å². The highest BCUT2D eigenvalue weighted by molar-refractivity contribution is 7.92. The Hall–Kier alpha value is -2.09. The van der Waals surface area contributed by atoms with E-state index in [1.807, 2.05) is 12.1 Å². The smallest absolute Gasteiger partial charge is 0.261 e. The fourth-order valence-electron chi connectivity index (χ4n) is 2.56. The standard InChI is InChI=1S/C20H25ClN2O4S/c1-2-3-5-15-6-8-16(9-7-15)23-28(26,27)17-10-11-19(21)18(14-17)20(25)22-12-4-13-24/h6-11,14,23-24H,2-5,12-13H2,1H3,(H,22,25). The predicted octanol–water partition coefficient (Wildman–Crippen LogP) is 3.60. The van der Waals surface area contributed by atoms with E-state index in [1.165, 1.54) is 18.2 Å². The highest BCUT2D eigenvalue weighted by atomic mass is 35.5. The molecule has 152 valence electrons. The van der Waals surface area contributed by atoms with E-state index >= 15 is 0 Å². The van der Waals surface area contributed by atoms with Gasteiger partial charge in [-0.25, -0.2) is 8.42 Å². The summed E-state index contributed by atoms with van der Waals surface area (Å²) >= 11 is 6.05. The molecule has 0 saturated carbocycles. The maximum absolute atomic E-state index is 12.7. The number of aliphatic hydroxyl groups is 1. The number of halogens is 1. The lowest BCUT2D eigenvalue weighted by molar-refractivity contribution is 0.0951. The molecule has 0 bridgehead atoms. The molecule has 0 atom stereocenters. The quantitative estimate of drug-likeness (QED) is 0.508. The maximum Gasteiger partial charge on any atom is 0.261 e. The molecule has 0 spiro atoms. The molecule has 0 saturated heterocycles. The minimum Gasteiger partial charge on any atom is -0.396 e. The number of rotatable bonds is 10. The van der Waals surface area contributed by atoms with Gasteiger partial charge < -0.3 is 10.4 Å². The zero-order chi connectivity index (χ0) is 20.6. The second-order valence-electron chi connectivity index (χ2n) is 6.38. The number of sulfonamides is 1. The normalized spacial score (nSPS) is 11.2. The first-order valence-corrected chi connectivity index (χ1v) is 11.0. The Bertz CT molecular complexity index is 899. The van der Waals surface area contributed by atoms with E-state index in [1.54, 1.807) is 12.1 Å². The maximum atomic E-state index is 12.7. The summed E-state index contributed by atoms with van der Waals surface area (Å²) in [6.45, 7) is 2.34. The van der Waals surface area contributed by atoms with E-state index in [9.17, 15) is 13.2 Å². The van der Waals surface area contributed by atoms with E-state index < -0.39 is 15.9 Å². The summed E-state index contributed by atoms with van der Waals surface area (Å²) in [5.74, 6) is -0.490. The van der Waals surface area contributed by atoms with Gasteiger partial charge in [0, 0.05) is 18.8 Å². The molecule has 0 aliphatic carbocycles. The summed E-state index contributed by atoms with van der Waals surface area (Å²) in [6.07, 6.45) is 3.53. The molecule has 0 radical (unpaired) electrons. The minimum absolute atomic E-state index is 0.0520. The van der Waals surface area contributed by atoms with Gasteiger partial charge in [0.25, 0.3) is 15.9 Å². The van der Waals surface area contributed by atoms with Gasteiger partial charge in [0.2, 0.25) is 0 Å². The van der Waals surface area contributed by atoms with E-state index in [-0.39, 0.29) is 28.6 Å². The lowest BCUT2D eigenvalue weighted by Crippen LogP contribution is -2.25. The summed E-state index contributed by atoms with van der Waals surface area (Å²) in [5, 5.41) is 11.5. The van der Waals surface area contributed by atoms with Crippen molar-refractivity contribution >= 4 is 33.2 Å². The molecule has 0 unspecified atom stereocenters. The van der Waals surface area contributed by atoms with Gasteiger partial charge in [0.15, 0.2) is 0 Å². The van der Waals surface area contributed by atoms with Crippen molar-refractivity contribution in [1.29, 1.82) is 0 Å². The van der Waals surface area contributed by atoms with Crippen LogP contribution in [-0.4, -0.2) is 32.6 Å². The second kappa shape index (κ2) is 10.5. The number of carbonyl (C=O) groups is 1. The molecule has 0 fully saturated rings. The Morgan fingerprint density at radius 3 is 2.46 bits per heavy atom. The Labute approximate surface area is 171 Å². The minimum atomic E-state index is -3.87. The van der Waals surface area contributed by atoms with Crippen molar-refractivity contribution in [1.82, 2.24) is 5.32 Å². The Kier molecular flexibility index (Phi) is 8.29. The molecule has 1 amide bonds. The fraction of sp³-hybridized carbons (Fsp3) is 0.350. The van der Waals surface area contributed by atoms with E-state index in [0.717, 1.165) is 24.8 Å². The third-order valence-electron chi connectivity index (χ3n) is 4.14. The summed E-state index contributed by atoms with van der Waals surface area (Å²) in [4.78, 5) is 12.2. The zero-order valence-corrected chi connectivity index (χ0v) is 17.3. The first kappa shape index (κ1) is 22.2. The average Bonchev–Trinajstić information content (AvgIpc) is 2.67. The van der Waals surface area contributed by atoms with Crippen molar-refractivity contribution in [3.05, 3.63) is 58.6 Å². The molecule has 2 aromatic carbocycles. The third kappa shape index (κ3) is 6.22. The number of aliphatic hydroxyl groups excluding tert-OH is 1. The van der Waals surface area contributed by atoms with Gasteiger partial charge in [-0.05, 0) is 55.2 Å². The predicted molar refractivity (Wildman–Crippen MR) is 111 cm³/mol. The molecule has 8 heteroatoms. The lowest BCUT2D eigenvalue weighted by Gasteiger charge is -2.11. The van der Waals surface area contributed by atoms with Gasteiger partial charge in [-0.15, -0.1) is 0 Å². The fourth-order valence-corrected chi connectivity index (χ4v) is 3.84. The van der Waals surface area contributed by atoms with Crippen LogP contribution < -0.4 is 10.0 Å². The van der Waals surface area contributed by atoms with Crippen LogP contribution in [0.15, 0.2) is 47.4 Å². The first-order valence-electron chi connectivity index (χ1n) is 9.17. The number of nitrogens with one attached hydrogen (secondary N) is 2. The van der Waals surface area contributed by atoms with Crippen molar-refractivity contribution in [2.24, 2.45) is 0 Å². The number of aryl methyl sites for hydroxylation is 1. The number of carbonyl (C=O) groups excluding carboxylic acids is 1. The van der Waals surface area contributed by atoms with Crippen LogP contribution in [0.25, 0.3) is 0 Å². The van der Waals surface area contributed by atoms with Crippen LogP contribution in [0.3, 0.4) is 0 Å². The first-order chi connectivity index (χ1) is 13.4. The largest absolute Gasteiger partial charge is 0.396 e. The van der Waals surface area contributed by atoms with Gasteiger partial charge in [-0.3, -0.25) is 9.52 Å². The van der Waals surface area contributed by atoms with Crippen LogP contribution in [0.1, 0.15) is 42.1 Å². The van der Waals surface area contributed by atoms with Crippen molar-refractivity contribution in [2.45, 2.75) is 37.5 Å². The summed E-state index contributed by atoms with van der Waals surface area (Å²) in [5.41, 5.74) is 1.67. The number of benzene rings is 2.